The molecule has 0 amide bonds. The molecule has 5 nitrogen and oxygen atoms in total. The van der Waals surface area contributed by atoms with Crippen LogP contribution in [0.15, 0.2) is 71.9 Å². The third-order valence-corrected chi connectivity index (χ3v) is 7.26. The van der Waals surface area contributed by atoms with Crippen molar-refractivity contribution in [3.63, 3.8) is 0 Å². The average molecular weight is 460 g/mol. The van der Waals surface area contributed by atoms with Gasteiger partial charge >= 0.3 is 0 Å². The van der Waals surface area contributed by atoms with Gasteiger partial charge in [-0.15, -0.1) is 0 Å². The summed E-state index contributed by atoms with van der Waals surface area (Å²) in [6.45, 7) is 21.8. The molecule has 0 saturated heterocycles. The molecule has 2 aromatic rings. The number of pyridine rings is 1. The summed E-state index contributed by atoms with van der Waals surface area (Å²) in [7, 11) is 3.87. The highest BCUT2D eigenvalue weighted by Crippen LogP contribution is 2.42. The van der Waals surface area contributed by atoms with Crippen molar-refractivity contribution in [3.8, 4) is 11.4 Å². The number of aliphatic imine (C=N–C) groups is 1. The lowest BCUT2D eigenvalue weighted by molar-refractivity contribution is -0.749. The van der Waals surface area contributed by atoms with Crippen LogP contribution in [0, 0.1) is 0 Å². The zero-order chi connectivity index (χ0) is 25.3. The van der Waals surface area contributed by atoms with Crippen LogP contribution in [0.2, 0.25) is 0 Å². The summed E-state index contributed by atoms with van der Waals surface area (Å²) in [6, 6.07) is 8.64. The topological polar surface area (TPSA) is 37.1 Å². The summed E-state index contributed by atoms with van der Waals surface area (Å²) >= 11 is 0. The number of aromatic nitrogens is 3. The molecule has 0 radical (unpaired) electrons. The van der Waals surface area contributed by atoms with E-state index in [1.807, 2.05) is 31.2 Å². The lowest BCUT2D eigenvalue weighted by Crippen LogP contribution is -2.63. The Kier molecular flexibility index (Phi) is 7.25. The van der Waals surface area contributed by atoms with Gasteiger partial charge in [-0.25, -0.2) is 4.58 Å². The molecule has 1 unspecified atom stereocenters. The van der Waals surface area contributed by atoms with Crippen molar-refractivity contribution in [2.45, 2.75) is 71.4 Å². The lowest BCUT2D eigenvalue weighted by Gasteiger charge is -2.40. The van der Waals surface area contributed by atoms with Gasteiger partial charge in [0.1, 0.15) is 18.5 Å². The van der Waals surface area contributed by atoms with E-state index in [2.05, 4.69) is 105 Å². The Morgan fingerprint density at radius 2 is 1.91 bits per heavy atom. The highest BCUT2D eigenvalue weighted by molar-refractivity contribution is 6.00. The van der Waals surface area contributed by atoms with Gasteiger partial charge in [0.25, 0.3) is 6.34 Å². The van der Waals surface area contributed by atoms with E-state index in [-0.39, 0.29) is 17.0 Å². The summed E-state index contributed by atoms with van der Waals surface area (Å²) in [4.78, 5) is 4.44. The molecule has 0 spiro atoms. The summed E-state index contributed by atoms with van der Waals surface area (Å²) in [5.74, 6) is 0. The highest BCUT2D eigenvalue weighted by atomic mass is 15.3. The van der Waals surface area contributed by atoms with Crippen molar-refractivity contribution < 1.29 is 9.14 Å². The fraction of sp³-hybridized carbons (Fsp3) is 0.448. The molecule has 0 N–H and O–H groups in total. The molecule has 0 saturated carbocycles. The van der Waals surface area contributed by atoms with Crippen molar-refractivity contribution in [2.75, 3.05) is 7.05 Å². The average Bonchev–Trinajstić information content (AvgIpc) is 3.21. The van der Waals surface area contributed by atoms with Gasteiger partial charge in [-0.1, -0.05) is 64.9 Å². The Labute approximate surface area is 205 Å². The number of nitrogens with zero attached hydrogens (tertiary/aromatic N) is 5. The first-order valence-electron chi connectivity index (χ1n) is 12.2. The number of hydrogen-bond acceptors (Lipinski definition) is 2. The van der Waals surface area contributed by atoms with Gasteiger partial charge in [-0.3, -0.25) is 4.68 Å². The van der Waals surface area contributed by atoms with E-state index in [1.54, 1.807) is 0 Å². The Bertz CT molecular complexity index is 1180. The van der Waals surface area contributed by atoms with Gasteiger partial charge in [0, 0.05) is 35.7 Å². The summed E-state index contributed by atoms with van der Waals surface area (Å²) in [5.41, 5.74) is 6.39. The van der Waals surface area contributed by atoms with E-state index < -0.39 is 0 Å². The van der Waals surface area contributed by atoms with Gasteiger partial charge in [0.05, 0.1) is 5.69 Å². The van der Waals surface area contributed by atoms with Crippen molar-refractivity contribution in [1.29, 1.82) is 0 Å². The minimum atomic E-state index is -0.216. The van der Waals surface area contributed by atoms with E-state index in [1.165, 1.54) is 5.57 Å². The highest BCUT2D eigenvalue weighted by Gasteiger charge is 2.55. The van der Waals surface area contributed by atoms with Gasteiger partial charge in [0.15, 0.2) is 11.7 Å². The second-order valence-electron chi connectivity index (χ2n) is 10.2. The monoisotopic (exact) mass is 459 g/mol. The predicted molar refractivity (Wildman–Crippen MR) is 143 cm³/mol. The minimum absolute atomic E-state index is 0.0129. The Morgan fingerprint density at radius 3 is 2.44 bits per heavy atom. The molecule has 0 aliphatic carbocycles. The largest absolute Gasteiger partial charge is 0.280 e. The molecule has 0 bridgehead atoms. The predicted octanol–water partition coefficient (Wildman–Crippen LogP) is 5.59. The molecular formula is C29H41N5+2. The van der Waals surface area contributed by atoms with Crippen LogP contribution < -0.4 is 4.57 Å². The molecule has 0 aromatic carbocycles. The Balaban J connectivity index is 2.40. The molecule has 180 valence electrons. The third-order valence-electron chi connectivity index (χ3n) is 7.26. The SMILES string of the molecule is C=CC=C1C(=C)C(C)=[N+](C=NC)C(CC)(CC)C1[n+]1ccccc1-c1cc(C(C)(C)C)nn1C. The van der Waals surface area contributed by atoms with Gasteiger partial charge in [0.2, 0.25) is 11.7 Å². The molecular weight excluding hydrogens is 418 g/mol. The molecule has 34 heavy (non-hydrogen) atoms. The van der Waals surface area contributed by atoms with Crippen LogP contribution in [0.5, 0.6) is 0 Å². The molecule has 2 aromatic heterocycles. The van der Waals surface area contributed by atoms with Crippen LogP contribution in [-0.4, -0.2) is 39.0 Å². The van der Waals surface area contributed by atoms with Gasteiger partial charge in [-0.2, -0.15) is 9.67 Å². The third kappa shape index (κ3) is 4.13. The van der Waals surface area contributed by atoms with Gasteiger partial charge in [-0.05, 0) is 31.9 Å². The molecule has 0 fully saturated rings. The van der Waals surface area contributed by atoms with Crippen molar-refractivity contribution in [3.05, 3.63) is 72.6 Å². The van der Waals surface area contributed by atoms with Crippen molar-refractivity contribution in [1.82, 2.24) is 9.78 Å². The molecule has 3 heterocycles. The number of rotatable bonds is 6. The zero-order valence-electron chi connectivity index (χ0n) is 22.3. The number of allylic oxidation sites excluding steroid dienone is 3. The second-order valence-corrected chi connectivity index (χ2v) is 10.2. The molecule has 3 rings (SSSR count). The molecule has 1 aliphatic rings. The minimum Gasteiger partial charge on any atom is -0.262 e. The summed E-state index contributed by atoms with van der Waals surface area (Å²) < 4.78 is 6.75. The van der Waals surface area contributed by atoms with Crippen LogP contribution >= 0.6 is 0 Å². The van der Waals surface area contributed by atoms with Crippen LogP contribution in [0.3, 0.4) is 0 Å². The zero-order valence-corrected chi connectivity index (χ0v) is 22.3. The summed E-state index contributed by atoms with van der Waals surface area (Å²) in [5, 5.41) is 4.87. The first kappa shape index (κ1) is 25.5. The van der Waals surface area contributed by atoms with E-state index in [0.717, 1.165) is 41.2 Å². The van der Waals surface area contributed by atoms with Crippen LogP contribution in [0.4, 0.5) is 0 Å². The first-order chi connectivity index (χ1) is 16.1. The van der Waals surface area contributed by atoms with E-state index in [0.29, 0.717) is 0 Å². The van der Waals surface area contributed by atoms with Crippen LogP contribution in [0.25, 0.3) is 11.4 Å². The number of aryl methyl sites for hydroxylation is 1. The van der Waals surface area contributed by atoms with E-state index in [9.17, 15) is 0 Å². The normalized spacial score (nSPS) is 19.9. The number of hydrogen-bond donors (Lipinski definition) is 0. The fourth-order valence-corrected chi connectivity index (χ4v) is 5.27. The first-order valence-corrected chi connectivity index (χ1v) is 12.2. The van der Waals surface area contributed by atoms with E-state index >= 15 is 0 Å². The molecule has 1 aliphatic heterocycles. The Hall–Kier alpha value is -3.08. The van der Waals surface area contributed by atoms with Crippen LogP contribution in [-0.2, 0) is 12.5 Å². The maximum Gasteiger partial charge on any atom is 0.280 e. The lowest BCUT2D eigenvalue weighted by atomic mass is 9.73. The Morgan fingerprint density at radius 1 is 1.24 bits per heavy atom. The standard InChI is InChI=1S/C29H41N5/c1-11-16-23-21(4)22(5)34(20-30-9)29(12-2,13-3)27(23)33-18-15-14-17-24(33)25-19-26(28(6,7)8)31-32(25)10/h11,14-20,27H,1,4,12-13H2,2-3,5-10H3/q+2. The van der Waals surface area contributed by atoms with Crippen molar-refractivity contribution in [2.24, 2.45) is 12.0 Å². The quantitative estimate of drug-likeness (QED) is 0.315. The smallest absolute Gasteiger partial charge is 0.262 e. The maximum absolute atomic E-state index is 4.87. The summed E-state index contributed by atoms with van der Waals surface area (Å²) in [6.07, 6.45) is 10.1. The van der Waals surface area contributed by atoms with E-state index in [4.69, 9.17) is 5.10 Å². The molecule has 5 heteroatoms. The van der Waals surface area contributed by atoms with Crippen LogP contribution in [0.1, 0.15) is 66.1 Å². The van der Waals surface area contributed by atoms with Gasteiger partial charge < -0.3 is 0 Å². The maximum atomic E-state index is 4.87. The molecule has 1 atom stereocenters. The van der Waals surface area contributed by atoms with Crippen molar-refractivity contribution >= 4 is 12.1 Å². The fourth-order valence-electron chi connectivity index (χ4n) is 5.27. The second kappa shape index (κ2) is 9.65.